The van der Waals surface area contributed by atoms with Crippen LogP contribution in [-0.4, -0.2) is 40.1 Å². The van der Waals surface area contributed by atoms with Crippen LogP contribution in [0, 0.1) is 16.7 Å². The Kier molecular flexibility index (Phi) is 3.44. The number of aliphatic hydroxyl groups excluding tert-OH is 1. The van der Waals surface area contributed by atoms with E-state index in [1.165, 1.54) is 13.0 Å². The lowest BCUT2D eigenvalue weighted by atomic mass is 9.46. The highest BCUT2D eigenvalue weighted by Crippen LogP contribution is 2.64. The molecule has 1 aliphatic heterocycles. The number of fused-ring (bicyclic) bond motifs is 3. The molecule has 0 spiro atoms. The maximum Gasteiger partial charge on any atom is 0.339 e. The van der Waals surface area contributed by atoms with Gasteiger partial charge in [-0.15, -0.1) is 0 Å². The van der Waals surface area contributed by atoms with Crippen LogP contribution in [0.3, 0.4) is 0 Å². The van der Waals surface area contributed by atoms with Gasteiger partial charge in [0.25, 0.3) is 0 Å². The molecule has 0 bridgehead atoms. The van der Waals surface area contributed by atoms with Crippen LogP contribution in [0.2, 0.25) is 0 Å². The lowest BCUT2D eigenvalue weighted by Crippen LogP contribution is -2.66. The Balaban J connectivity index is 2.21. The Labute approximate surface area is 135 Å². The number of rotatable bonds is 1. The minimum atomic E-state index is -1.77. The number of esters is 2. The lowest BCUT2D eigenvalue weighted by Gasteiger charge is -2.60. The van der Waals surface area contributed by atoms with Crippen LogP contribution in [0.5, 0.6) is 0 Å². The summed E-state index contributed by atoms with van der Waals surface area (Å²) in [6, 6.07) is 0. The number of cyclic esters (lactones) is 1. The molecule has 5 unspecified atom stereocenters. The number of carbonyl (C=O) groups is 2. The van der Waals surface area contributed by atoms with Gasteiger partial charge in [0.1, 0.15) is 6.10 Å². The zero-order valence-electron chi connectivity index (χ0n) is 14.0. The van der Waals surface area contributed by atoms with Gasteiger partial charge in [0.15, 0.2) is 5.60 Å². The predicted molar refractivity (Wildman–Crippen MR) is 79.9 cm³/mol. The molecule has 3 aliphatic rings. The van der Waals surface area contributed by atoms with Gasteiger partial charge in [-0.1, -0.05) is 27.2 Å². The van der Waals surface area contributed by atoms with Crippen molar-refractivity contribution >= 4 is 11.9 Å². The van der Waals surface area contributed by atoms with Gasteiger partial charge in [0.05, 0.1) is 5.57 Å². The molecule has 23 heavy (non-hydrogen) atoms. The topological polar surface area (TPSA) is 93.1 Å². The van der Waals surface area contributed by atoms with Crippen molar-refractivity contribution in [2.24, 2.45) is 16.7 Å². The molecule has 2 aliphatic carbocycles. The summed E-state index contributed by atoms with van der Waals surface area (Å²) in [4.78, 5) is 23.6. The van der Waals surface area contributed by atoms with E-state index < -0.39 is 35.3 Å². The average molecular weight is 324 g/mol. The van der Waals surface area contributed by atoms with E-state index in [9.17, 15) is 19.8 Å². The van der Waals surface area contributed by atoms with E-state index >= 15 is 0 Å². The van der Waals surface area contributed by atoms with Gasteiger partial charge in [-0.25, -0.2) is 4.79 Å². The molecule has 1 heterocycles. The van der Waals surface area contributed by atoms with Crippen LogP contribution < -0.4 is 0 Å². The smallest absolute Gasteiger partial charge is 0.339 e. The summed E-state index contributed by atoms with van der Waals surface area (Å²) in [5, 5.41) is 21.5. The normalized spacial score (nSPS) is 44.7. The SMILES string of the molecule is CC(=O)OC1C=C2C(=O)OC(O)C2(O)C2(C)CCCC(C)(C)C12. The molecule has 5 atom stereocenters. The minimum Gasteiger partial charge on any atom is -0.458 e. The molecule has 1 saturated carbocycles. The fourth-order valence-electron chi connectivity index (χ4n) is 5.20. The van der Waals surface area contributed by atoms with Crippen LogP contribution in [0.1, 0.15) is 47.0 Å². The van der Waals surface area contributed by atoms with E-state index in [4.69, 9.17) is 9.47 Å². The molecule has 6 heteroatoms. The minimum absolute atomic E-state index is 0.00713. The third-order valence-electron chi connectivity index (χ3n) is 6.08. The van der Waals surface area contributed by atoms with E-state index in [2.05, 4.69) is 13.8 Å². The fourth-order valence-corrected chi connectivity index (χ4v) is 5.20. The van der Waals surface area contributed by atoms with Gasteiger partial charge < -0.3 is 19.7 Å². The zero-order chi connectivity index (χ0) is 17.2. The molecule has 0 aromatic heterocycles. The number of aliphatic hydroxyl groups is 2. The summed E-state index contributed by atoms with van der Waals surface area (Å²) in [6.45, 7) is 7.32. The average Bonchev–Trinajstić information content (AvgIpc) is 2.61. The van der Waals surface area contributed by atoms with Crippen LogP contribution >= 0.6 is 0 Å². The predicted octanol–water partition coefficient (Wildman–Crippen LogP) is 1.30. The maximum absolute atomic E-state index is 12.1. The largest absolute Gasteiger partial charge is 0.458 e. The van der Waals surface area contributed by atoms with E-state index in [0.717, 1.165) is 12.8 Å². The Bertz CT molecular complexity index is 594. The summed E-state index contributed by atoms with van der Waals surface area (Å²) in [6.07, 6.45) is 1.63. The molecule has 1 saturated heterocycles. The molecular formula is C17H24O6. The van der Waals surface area contributed by atoms with Gasteiger partial charge in [-0.05, 0) is 24.3 Å². The summed E-state index contributed by atoms with van der Waals surface area (Å²) >= 11 is 0. The first-order valence-corrected chi connectivity index (χ1v) is 8.05. The maximum atomic E-state index is 12.1. The Morgan fingerprint density at radius 3 is 2.61 bits per heavy atom. The number of ether oxygens (including phenoxy) is 2. The highest BCUT2D eigenvalue weighted by molar-refractivity contribution is 5.94. The van der Waals surface area contributed by atoms with Gasteiger partial charge in [0.2, 0.25) is 6.29 Å². The molecular weight excluding hydrogens is 300 g/mol. The fraction of sp³-hybridized carbons (Fsp3) is 0.765. The Hall–Kier alpha value is -1.40. The summed E-state index contributed by atoms with van der Waals surface area (Å²) in [5.74, 6) is -1.42. The standard InChI is InChI=1S/C17H24O6/c1-9(18)22-11-8-10-13(19)23-14(20)17(10,21)16(4)7-5-6-15(2,3)12(11)16/h8,11-12,14,20-21H,5-7H2,1-4H3. The molecule has 6 nitrogen and oxygen atoms in total. The first-order chi connectivity index (χ1) is 10.5. The third kappa shape index (κ3) is 2.01. The second kappa shape index (κ2) is 4.80. The molecule has 0 radical (unpaired) electrons. The van der Waals surface area contributed by atoms with E-state index in [-0.39, 0.29) is 16.9 Å². The van der Waals surface area contributed by atoms with Crippen LogP contribution in [0.15, 0.2) is 11.6 Å². The number of hydrogen-bond acceptors (Lipinski definition) is 6. The van der Waals surface area contributed by atoms with Crippen molar-refractivity contribution in [3.63, 3.8) is 0 Å². The molecule has 0 aromatic carbocycles. The third-order valence-corrected chi connectivity index (χ3v) is 6.08. The van der Waals surface area contributed by atoms with Gasteiger partial charge >= 0.3 is 11.9 Å². The Morgan fingerprint density at radius 2 is 2.00 bits per heavy atom. The van der Waals surface area contributed by atoms with E-state index in [0.29, 0.717) is 6.42 Å². The van der Waals surface area contributed by atoms with Crippen molar-refractivity contribution in [3.8, 4) is 0 Å². The highest BCUT2D eigenvalue weighted by Gasteiger charge is 2.71. The molecule has 3 rings (SSSR count). The van der Waals surface area contributed by atoms with Crippen molar-refractivity contribution in [1.82, 2.24) is 0 Å². The van der Waals surface area contributed by atoms with Crippen molar-refractivity contribution < 1.29 is 29.3 Å². The van der Waals surface area contributed by atoms with Gasteiger partial charge in [0, 0.05) is 18.3 Å². The Morgan fingerprint density at radius 1 is 1.35 bits per heavy atom. The second-order valence-corrected chi connectivity index (χ2v) is 7.92. The van der Waals surface area contributed by atoms with Gasteiger partial charge in [-0.2, -0.15) is 0 Å². The summed E-state index contributed by atoms with van der Waals surface area (Å²) in [7, 11) is 0. The lowest BCUT2D eigenvalue weighted by molar-refractivity contribution is -0.243. The van der Waals surface area contributed by atoms with Crippen molar-refractivity contribution in [3.05, 3.63) is 11.6 Å². The van der Waals surface area contributed by atoms with E-state index in [1.54, 1.807) is 0 Å². The highest BCUT2D eigenvalue weighted by atomic mass is 16.7. The van der Waals surface area contributed by atoms with Crippen LogP contribution in [-0.2, 0) is 19.1 Å². The van der Waals surface area contributed by atoms with E-state index in [1.807, 2.05) is 6.92 Å². The molecule has 128 valence electrons. The zero-order valence-corrected chi connectivity index (χ0v) is 14.0. The second-order valence-electron chi connectivity index (χ2n) is 7.92. The molecule has 2 fully saturated rings. The number of hydrogen-bond donors (Lipinski definition) is 2. The molecule has 0 aromatic rings. The summed E-state index contributed by atoms with van der Waals surface area (Å²) in [5.41, 5.74) is -2.82. The quantitative estimate of drug-likeness (QED) is 0.706. The van der Waals surface area contributed by atoms with Crippen molar-refractivity contribution in [2.45, 2.75) is 65.0 Å². The molecule has 2 N–H and O–H groups in total. The van der Waals surface area contributed by atoms with Crippen LogP contribution in [0.4, 0.5) is 0 Å². The first kappa shape index (κ1) is 16.5. The van der Waals surface area contributed by atoms with Crippen molar-refractivity contribution in [2.75, 3.05) is 0 Å². The first-order valence-electron chi connectivity index (χ1n) is 8.05. The summed E-state index contributed by atoms with van der Waals surface area (Å²) < 4.78 is 10.4. The number of carbonyl (C=O) groups excluding carboxylic acids is 2. The van der Waals surface area contributed by atoms with Crippen molar-refractivity contribution in [1.29, 1.82) is 0 Å². The molecule has 0 amide bonds. The monoisotopic (exact) mass is 324 g/mol. The van der Waals surface area contributed by atoms with Gasteiger partial charge in [-0.3, -0.25) is 4.79 Å². The van der Waals surface area contributed by atoms with Crippen LogP contribution in [0.25, 0.3) is 0 Å².